The maximum atomic E-state index is 13.0. The first-order valence-corrected chi connectivity index (χ1v) is 14.5. The summed E-state index contributed by atoms with van der Waals surface area (Å²) >= 11 is 13.3. The lowest BCUT2D eigenvalue weighted by atomic mass is 10.1. The summed E-state index contributed by atoms with van der Waals surface area (Å²) < 4.78 is 5.47. The number of halogens is 2. The average molecular weight is 605 g/mol. The molecule has 2 heterocycles. The molecule has 1 aliphatic rings. The van der Waals surface area contributed by atoms with E-state index in [0.717, 1.165) is 11.4 Å². The molecule has 1 saturated heterocycles. The lowest BCUT2D eigenvalue weighted by molar-refractivity contribution is -0.130. The van der Waals surface area contributed by atoms with Crippen LogP contribution in [0, 0.1) is 0 Å². The predicted molar refractivity (Wildman–Crippen MR) is 159 cm³/mol. The van der Waals surface area contributed by atoms with Crippen molar-refractivity contribution in [3.8, 4) is 5.75 Å². The maximum Gasteiger partial charge on any atom is 0.254 e. The molecular formula is C28H31Cl2N5O4S. The van der Waals surface area contributed by atoms with Gasteiger partial charge in [-0.3, -0.25) is 14.4 Å². The van der Waals surface area contributed by atoms with Crippen molar-refractivity contribution in [2.24, 2.45) is 0 Å². The van der Waals surface area contributed by atoms with Gasteiger partial charge in [0.1, 0.15) is 12.3 Å². The van der Waals surface area contributed by atoms with Crippen molar-refractivity contribution in [1.82, 2.24) is 14.8 Å². The van der Waals surface area contributed by atoms with E-state index in [-0.39, 0.29) is 41.8 Å². The number of nitrogens with zero attached hydrogens (tertiary/aromatic N) is 4. The molecule has 0 aliphatic carbocycles. The molecule has 1 N–H and O–H groups in total. The van der Waals surface area contributed by atoms with Crippen molar-refractivity contribution in [2.75, 3.05) is 50.1 Å². The zero-order chi connectivity index (χ0) is 28.8. The van der Waals surface area contributed by atoms with Crippen LogP contribution in [0.25, 0.3) is 0 Å². The molecule has 3 aromatic rings. The Morgan fingerprint density at radius 2 is 1.80 bits per heavy atom. The quantitative estimate of drug-likeness (QED) is 0.376. The van der Waals surface area contributed by atoms with Gasteiger partial charge in [0, 0.05) is 43.2 Å². The molecule has 0 spiro atoms. The average Bonchev–Trinajstić information content (AvgIpc) is 3.38. The topological polar surface area (TPSA) is 95.1 Å². The Kier molecular flexibility index (Phi) is 9.89. The summed E-state index contributed by atoms with van der Waals surface area (Å²) in [7, 11) is 1.65. The van der Waals surface area contributed by atoms with Gasteiger partial charge in [0.25, 0.3) is 5.91 Å². The van der Waals surface area contributed by atoms with Gasteiger partial charge in [0.2, 0.25) is 11.8 Å². The van der Waals surface area contributed by atoms with Crippen LogP contribution >= 0.6 is 34.5 Å². The minimum atomic E-state index is -0.387. The number of ether oxygens (including phenoxy) is 1. The first kappa shape index (κ1) is 29.6. The smallest absolute Gasteiger partial charge is 0.254 e. The molecule has 1 fully saturated rings. The van der Waals surface area contributed by atoms with E-state index in [1.807, 2.05) is 43.0 Å². The van der Waals surface area contributed by atoms with Crippen LogP contribution in [0.1, 0.15) is 29.9 Å². The Morgan fingerprint density at radius 1 is 1.07 bits per heavy atom. The number of thiazole rings is 1. The zero-order valence-electron chi connectivity index (χ0n) is 22.5. The lowest BCUT2D eigenvalue weighted by Gasteiger charge is -2.36. The molecule has 0 atom stereocenters. The zero-order valence-corrected chi connectivity index (χ0v) is 24.9. The van der Waals surface area contributed by atoms with Crippen LogP contribution < -0.4 is 15.0 Å². The minimum absolute atomic E-state index is 0.0129. The van der Waals surface area contributed by atoms with Crippen molar-refractivity contribution >= 4 is 63.1 Å². The molecule has 40 heavy (non-hydrogen) atoms. The number of piperazine rings is 1. The molecule has 0 saturated carbocycles. The number of carbonyl (C=O) groups excluding carboxylic acids is 3. The van der Waals surface area contributed by atoms with Crippen molar-refractivity contribution in [3.63, 3.8) is 0 Å². The number of benzene rings is 2. The van der Waals surface area contributed by atoms with Gasteiger partial charge in [0.05, 0.1) is 35.0 Å². The van der Waals surface area contributed by atoms with E-state index in [0.29, 0.717) is 47.6 Å². The van der Waals surface area contributed by atoms with E-state index in [4.69, 9.17) is 27.9 Å². The van der Waals surface area contributed by atoms with Crippen molar-refractivity contribution in [2.45, 2.75) is 26.3 Å². The highest BCUT2D eigenvalue weighted by atomic mass is 35.5. The van der Waals surface area contributed by atoms with Gasteiger partial charge in [-0.25, -0.2) is 4.98 Å². The third kappa shape index (κ3) is 7.24. The van der Waals surface area contributed by atoms with Crippen LogP contribution in [0.2, 0.25) is 10.0 Å². The molecule has 0 bridgehead atoms. The van der Waals surface area contributed by atoms with Gasteiger partial charge in [-0.1, -0.05) is 35.3 Å². The fourth-order valence-electron chi connectivity index (χ4n) is 4.40. The Bertz CT molecular complexity index is 1370. The normalized spacial score (nSPS) is 13.3. The number of carbonyl (C=O) groups is 3. The standard InChI is InChI=1S/C28H31Cl2N5O4S/c1-18(2)35(27(38)19-8-9-21(29)22(30)14-19)16-25(36)32-28-31-20(17-40-28)15-26(37)34-12-10-33(11-13-34)23-6-4-5-7-24(23)39-3/h4-9,14,17-18H,10-13,15-16H2,1-3H3,(H,31,32,36). The Hall–Kier alpha value is -3.34. The van der Waals surface area contributed by atoms with E-state index in [9.17, 15) is 14.4 Å². The molecule has 1 aliphatic heterocycles. The van der Waals surface area contributed by atoms with Gasteiger partial charge >= 0.3 is 0 Å². The maximum absolute atomic E-state index is 13.0. The van der Waals surface area contributed by atoms with Crippen molar-refractivity contribution < 1.29 is 19.1 Å². The number of nitrogens with one attached hydrogen (secondary N) is 1. The van der Waals surface area contributed by atoms with Gasteiger partial charge in [-0.2, -0.15) is 0 Å². The summed E-state index contributed by atoms with van der Waals surface area (Å²) in [5, 5.41) is 5.50. The number of hydrogen-bond acceptors (Lipinski definition) is 7. The van der Waals surface area contributed by atoms with Crippen LogP contribution in [0.5, 0.6) is 5.75 Å². The van der Waals surface area contributed by atoms with Gasteiger partial charge in [-0.05, 0) is 44.2 Å². The summed E-state index contributed by atoms with van der Waals surface area (Å²) in [5.74, 6) is 0.0809. The number of para-hydroxylation sites is 2. The number of methoxy groups -OCH3 is 1. The van der Waals surface area contributed by atoms with E-state index < -0.39 is 0 Å². The monoisotopic (exact) mass is 603 g/mol. The highest BCUT2D eigenvalue weighted by Gasteiger charge is 2.25. The fourth-order valence-corrected chi connectivity index (χ4v) is 5.42. The van der Waals surface area contributed by atoms with Crippen LogP contribution in [-0.4, -0.2) is 78.4 Å². The molecule has 2 aromatic carbocycles. The summed E-state index contributed by atoms with van der Waals surface area (Å²) in [6, 6.07) is 12.2. The lowest BCUT2D eigenvalue weighted by Crippen LogP contribution is -2.49. The Labute approximate surface area is 247 Å². The second-order valence-electron chi connectivity index (χ2n) is 9.56. The number of aromatic nitrogens is 1. The number of rotatable bonds is 9. The van der Waals surface area contributed by atoms with Gasteiger partial charge in [0.15, 0.2) is 5.13 Å². The van der Waals surface area contributed by atoms with E-state index in [1.54, 1.807) is 24.6 Å². The molecule has 3 amide bonds. The van der Waals surface area contributed by atoms with E-state index in [2.05, 4.69) is 15.2 Å². The molecule has 4 rings (SSSR count). The summed E-state index contributed by atoms with van der Waals surface area (Å²) in [6.07, 6.45) is 0.148. The first-order chi connectivity index (χ1) is 19.2. The highest BCUT2D eigenvalue weighted by Crippen LogP contribution is 2.28. The van der Waals surface area contributed by atoms with Gasteiger partial charge in [-0.15, -0.1) is 11.3 Å². The predicted octanol–water partition coefficient (Wildman–Crippen LogP) is 4.84. The largest absolute Gasteiger partial charge is 0.495 e. The Morgan fingerprint density at radius 3 is 2.48 bits per heavy atom. The van der Waals surface area contributed by atoms with E-state index >= 15 is 0 Å². The van der Waals surface area contributed by atoms with Crippen LogP contribution in [0.15, 0.2) is 47.8 Å². The third-order valence-electron chi connectivity index (χ3n) is 6.55. The van der Waals surface area contributed by atoms with Crippen LogP contribution in [0.3, 0.4) is 0 Å². The van der Waals surface area contributed by atoms with E-state index in [1.165, 1.54) is 22.3 Å². The summed E-state index contributed by atoms with van der Waals surface area (Å²) in [5.41, 5.74) is 1.95. The molecule has 0 radical (unpaired) electrons. The second kappa shape index (κ2) is 13.3. The fraction of sp³-hybridized carbons (Fsp3) is 0.357. The molecular weight excluding hydrogens is 573 g/mol. The Balaban J connectivity index is 1.29. The van der Waals surface area contributed by atoms with Crippen molar-refractivity contribution in [3.05, 3.63) is 69.1 Å². The molecule has 12 heteroatoms. The molecule has 1 aromatic heterocycles. The second-order valence-corrected chi connectivity index (χ2v) is 11.2. The third-order valence-corrected chi connectivity index (χ3v) is 8.10. The number of anilines is 2. The molecule has 0 unspecified atom stereocenters. The van der Waals surface area contributed by atoms with Crippen molar-refractivity contribution in [1.29, 1.82) is 0 Å². The summed E-state index contributed by atoms with van der Waals surface area (Å²) in [4.78, 5) is 48.7. The van der Waals surface area contributed by atoms with Crippen LogP contribution in [0.4, 0.5) is 10.8 Å². The molecule has 9 nitrogen and oxygen atoms in total. The summed E-state index contributed by atoms with van der Waals surface area (Å²) in [6.45, 7) is 6.10. The van der Waals surface area contributed by atoms with Crippen LogP contribution in [-0.2, 0) is 16.0 Å². The van der Waals surface area contributed by atoms with Gasteiger partial charge < -0.3 is 24.8 Å². The molecule has 212 valence electrons. The highest BCUT2D eigenvalue weighted by molar-refractivity contribution is 7.13. The number of amides is 3. The number of hydrogen-bond donors (Lipinski definition) is 1. The SMILES string of the molecule is COc1ccccc1N1CCN(C(=O)Cc2csc(NC(=O)CN(C(=O)c3ccc(Cl)c(Cl)c3)C(C)C)n2)CC1. The minimum Gasteiger partial charge on any atom is -0.495 e. The first-order valence-electron chi connectivity index (χ1n) is 12.8.